The van der Waals surface area contributed by atoms with E-state index >= 15 is 0 Å². The smallest absolute Gasteiger partial charge is 0.341 e. The van der Waals surface area contributed by atoms with Gasteiger partial charge in [-0.05, 0) is 11.1 Å². The summed E-state index contributed by atoms with van der Waals surface area (Å²) in [5.74, 6) is -2.96. The number of esters is 1. The summed E-state index contributed by atoms with van der Waals surface area (Å²) in [5.41, 5.74) is 1.22. The molecule has 3 aromatic carbocycles. The quantitative estimate of drug-likeness (QED) is 0.591. The van der Waals surface area contributed by atoms with Gasteiger partial charge in [0.25, 0.3) is 0 Å². The van der Waals surface area contributed by atoms with Crippen molar-refractivity contribution in [3.63, 3.8) is 0 Å². The first-order valence-corrected chi connectivity index (χ1v) is 8.00. The molecule has 3 rings (SSSR count). The number of hydrogen-bond donors (Lipinski definition) is 0. The van der Waals surface area contributed by atoms with Crippen molar-refractivity contribution >= 4 is 5.97 Å². The van der Waals surface area contributed by atoms with Crippen molar-refractivity contribution in [3.8, 4) is 5.75 Å². The highest BCUT2D eigenvalue weighted by Crippen LogP contribution is 2.23. The van der Waals surface area contributed by atoms with Crippen LogP contribution in [0.4, 0.5) is 8.78 Å². The van der Waals surface area contributed by atoms with Crippen LogP contribution in [0.2, 0.25) is 0 Å². The molecule has 0 atom stereocenters. The number of carbonyl (C=O) groups is 1. The average molecular weight is 354 g/mol. The number of benzene rings is 3. The zero-order valence-corrected chi connectivity index (χ0v) is 13.8. The summed E-state index contributed by atoms with van der Waals surface area (Å²) in [6.45, 7) is 0.0958. The number of hydrogen-bond acceptors (Lipinski definition) is 3. The van der Waals surface area contributed by atoms with Crippen molar-refractivity contribution in [1.29, 1.82) is 0 Å². The molecule has 0 heterocycles. The third kappa shape index (κ3) is 4.45. The average Bonchev–Trinajstić information content (AvgIpc) is 2.67. The molecule has 0 aliphatic rings. The van der Waals surface area contributed by atoms with Crippen LogP contribution in [-0.4, -0.2) is 5.97 Å². The summed E-state index contributed by atoms with van der Waals surface area (Å²) in [7, 11) is 0. The number of rotatable bonds is 6. The molecule has 3 nitrogen and oxygen atoms in total. The van der Waals surface area contributed by atoms with Crippen LogP contribution in [0.15, 0.2) is 72.8 Å². The molecule has 0 bridgehead atoms. The predicted molar refractivity (Wildman–Crippen MR) is 92.7 cm³/mol. The summed E-state index contributed by atoms with van der Waals surface area (Å²) in [6.07, 6.45) is 0. The summed E-state index contributed by atoms with van der Waals surface area (Å²) in [5, 5.41) is 0. The Kier molecular flexibility index (Phi) is 5.59. The van der Waals surface area contributed by atoms with Crippen LogP contribution in [0.5, 0.6) is 5.75 Å². The molecule has 0 aliphatic carbocycles. The van der Waals surface area contributed by atoms with Crippen LogP contribution in [0.25, 0.3) is 0 Å². The summed E-state index contributed by atoms with van der Waals surface area (Å²) >= 11 is 0. The topological polar surface area (TPSA) is 35.5 Å². The van der Waals surface area contributed by atoms with Crippen LogP contribution >= 0.6 is 0 Å². The Morgan fingerprint density at radius 1 is 0.769 bits per heavy atom. The van der Waals surface area contributed by atoms with E-state index in [4.69, 9.17) is 9.47 Å². The molecule has 0 unspecified atom stereocenters. The zero-order chi connectivity index (χ0) is 18.4. The first-order chi connectivity index (χ1) is 12.6. The fourth-order valence-corrected chi connectivity index (χ4v) is 2.33. The molecule has 0 spiro atoms. The van der Waals surface area contributed by atoms with Gasteiger partial charge in [-0.2, -0.15) is 0 Å². The molecule has 0 amide bonds. The van der Waals surface area contributed by atoms with Crippen molar-refractivity contribution in [1.82, 2.24) is 0 Å². The minimum Gasteiger partial charge on any atom is -0.486 e. The maximum Gasteiger partial charge on any atom is 0.341 e. The molecule has 132 valence electrons. The second-order valence-corrected chi connectivity index (χ2v) is 5.60. The second kappa shape index (κ2) is 8.25. The van der Waals surface area contributed by atoms with Gasteiger partial charge in [0.15, 0.2) is 11.6 Å². The Bertz CT molecular complexity index is 881. The van der Waals surface area contributed by atoms with Crippen LogP contribution in [0, 0.1) is 11.6 Å². The van der Waals surface area contributed by atoms with Gasteiger partial charge >= 0.3 is 5.97 Å². The number of carbonyl (C=O) groups excluding carboxylic acids is 1. The monoisotopic (exact) mass is 354 g/mol. The Labute approximate surface area is 149 Å². The fourth-order valence-electron chi connectivity index (χ4n) is 2.33. The molecule has 3 aromatic rings. The van der Waals surface area contributed by atoms with Gasteiger partial charge in [0.1, 0.15) is 19.0 Å². The molecule has 0 saturated carbocycles. The van der Waals surface area contributed by atoms with Gasteiger partial charge in [-0.25, -0.2) is 13.6 Å². The maximum absolute atomic E-state index is 14.0. The van der Waals surface area contributed by atoms with E-state index in [0.29, 0.717) is 6.07 Å². The highest BCUT2D eigenvalue weighted by atomic mass is 19.1. The normalized spacial score (nSPS) is 10.4. The molecule has 0 aliphatic heterocycles. The molecule has 0 fully saturated rings. The van der Waals surface area contributed by atoms with Gasteiger partial charge in [0.2, 0.25) is 0 Å². The molecule has 5 heteroatoms. The van der Waals surface area contributed by atoms with Gasteiger partial charge in [-0.15, -0.1) is 0 Å². The molecule has 0 aromatic heterocycles. The zero-order valence-electron chi connectivity index (χ0n) is 13.8. The Morgan fingerprint density at radius 3 is 1.96 bits per heavy atom. The van der Waals surface area contributed by atoms with E-state index in [0.717, 1.165) is 17.2 Å². The lowest BCUT2D eigenvalue weighted by atomic mass is 10.2. The molecular formula is C21H16F2O3. The second-order valence-electron chi connectivity index (χ2n) is 5.60. The van der Waals surface area contributed by atoms with Gasteiger partial charge in [0, 0.05) is 12.1 Å². The first-order valence-electron chi connectivity index (χ1n) is 8.00. The summed E-state index contributed by atoms with van der Waals surface area (Å²) in [6, 6.07) is 19.8. The van der Waals surface area contributed by atoms with Gasteiger partial charge in [-0.1, -0.05) is 60.7 Å². The molecule has 0 saturated heterocycles. The third-order valence-corrected chi connectivity index (χ3v) is 3.69. The lowest BCUT2D eigenvalue weighted by Crippen LogP contribution is -2.09. The Balaban J connectivity index is 1.71. The fraction of sp³-hybridized carbons (Fsp3) is 0.0952. The van der Waals surface area contributed by atoms with Crippen LogP contribution in [0.3, 0.4) is 0 Å². The van der Waals surface area contributed by atoms with E-state index in [1.807, 2.05) is 36.4 Å². The highest BCUT2D eigenvalue weighted by Gasteiger charge is 2.18. The van der Waals surface area contributed by atoms with Crippen LogP contribution in [0.1, 0.15) is 21.5 Å². The van der Waals surface area contributed by atoms with Gasteiger partial charge in [-0.3, -0.25) is 0 Å². The molecule has 0 N–H and O–H groups in total. The van der Waals surface area contributed by atoms with Gasteiger partial charge < -0.3 is 9.47 Å². The van der Waals surface area contributed by atoms with E-state index < -0.39 is 17.6 Å². The van der Waals surface area contributed by atoms with Crippen molar-refractivity contribution in [3.05, 3.63) is 101 Å². The lowest BCUT2D eigenvalue weighted by molar-refractivity contribution is 0.0466. The van der Waals surface area contributed by atoms with E-state index in [-0.39, 0.29) is 24.5 Å². The Hall–Kier alpha value is -3.21. The summed E-state index contributed by atoms with van der Waals surface area (Å²) < 4.78 is 38.4. The van der Waals surface area contributed by atoms with E-state index in [2.05, 4.69) is 0 Å². The molecule has 26 heavy (non-hydrogen) atoms. The maximum atomic E-state index is 14.0. The third-order valence-electron chi connectivity index (χ3n) is 3.69. The van der Waals surface area contributed by atoms with Crippen LogP contribution in [-0.2, 0) is 18.0 Å². The SMILES string of the molecule is O=C(OCc1ccccc1)c1cc(OCc2ccccc2)c(F)cc1F. The van der Waals surface area contributed by atoms with E-state index in [1.54, 1.807) is 24.3 Å². The largest absolute Gasteiger partial charge is 0.486 e. The van der Waals surface area contributed by atoms with Crippen LogP contribution < -0.4 is 4.74 Å². The Morgan fingerprint density at radius 2 is 1.35 bits per heavy atom. The van der Waals surface area contributed by atoms with Crippen molar-refractivity contribution in [2.75, 3.05) is 0 Å². The predicted octanol–water partition coefficient (Wildman–Crippen LogP) is 4.90. The van der Waals surface area contributed by atoms with Crippen molar-refractivity contribution in [2.45, 2.75) is 13.2 Å². The van der Waals surface area contributed by atoms with Gasteiger partial charge in [0.05, 0.1) is 5.56 Å². The van der Waals surface area contributed by atoms with E-state index in [9.17, 15) is 13.6 Å². The number of ether oxygens (including phenoxy) is 2. The number of halogens is 2. The minimum atomic E-state index is -0.993. The summed E-state index contributed by atoms with van der Waals surface area (Å²) in [4.78, 5) is 12.1. The lowest BCUT2D eigenvalue weighted by Gasteiger charge is -2.10. The first kappa shape index (κ1) is 17.6. The van der Waals surface area contributed by atoms with Crippen molar-refractivity contribution in [2.24, 2.45) is 0 Å². The van der Waals surface area contributed by atoms with E-state index in [1.165, 1.54) is 0 Å². The molecular weight excluding hydrogens is 338 g/mol. The standard InChI is InChI=1S/C21H16F2O3/c22-18-12-19(23)20(25-13-15-7-3-1-4-8-15)11-17(18)21(24)26-14-16-9-5-2-6-10-16/h1-12H,13-14H2. The van der Waals surface area contributed by atoms with Crippen molar-refractivity contribution < 1.29 is 23.0 Å². The highest BCUT2D eigenvalue weighted by molar-refractivity contribution is 5.90. The minimum absolute atomic E-state index is 0.00328. The molecule has 0 radical (unpaired) electrons.